The molecule has 0 bridgehead atoms. The molecule has 2 fully saturated rings. The summed E-state index contributed by atoms with van der Waals surface area (Å²) < 4.78 is 26.6. The van der Waals surface area contributed by atoms with Gasteiger partial charge < -0.3 is 4.52 Å². The number of hydrogen-bond donors (Lipinski definition) is 4. The lowest BCUT2D eigenvalue weighted by Crippen LogP contribution is -2.46. The minimum atomic E-state index is -3.58. The summed E-state index contributed by atoms with van der Waals surface area (Å²) in [4.78, 5) is 15.7. The smallest absolute Gasteiger partial charge is 0.330 e. The minimum absolute atomic E-state index is 0.0938. The third-order valence-corrected chi connectivity index (χ3v) is 16.5. The van der Waals surface area contributed by atoms with Gasteiger partial charge in [0.2, 0.25) is 11.6 Å². The molecule has 40 heavy (non-hydrogen) atoms. The average Bonchev–Trinajstić information content (AvgIpc) is 3.47. The third kappa shape index (κ3) is 5.68. The Bertz CT molecular complexity index is 1370. The summed E-state index contributed by atoms with van der Waals surface area (Å²) in [7, 11) is -9.18. The van der Waals surface area contributed by atoms with E-state index in [1.54, 1.807) is 0 Å². The lowest BCUT2D eigenvalue weighted by molar-refractivity contribution is 0.399. The normalized spacial score (nSPS) is 28.7. The maximum Gasteiger partial charge on any atom is 0.515 e. The van der Waals surface area contributed by atoms with E-state index in [0.717, 1.165) is 5.75 Å². The molecule has 2 aliphatic heterocycles. The Kier molecular flexibility index (Phi) is 7.69. The molecule has 8 nitrogen and oxygen atoms in total. The number of benzene rings is 4. The van der Waals surface area contributed by atoms with E-state index in [1.165, 1.54) is 0 Å². The van der Waals surface area contributed by atoms with E-state index in [1.807, 2.05) is 128 Å². The van der Waals surface area contributed by atoms with Crippen LogP contribution in [0.4, 0.5) is 0 Å². The van der Waals surface area contributed by atoms with Gasteiger partial charge in [-0.1, -0.05) is 77.9 Å². The van der Waals surface area contributed by atoms with Gasteiger partial charge in [-0.3, -0.25) is 13.6 Å². The average molecular weight is 597 g/mol. The van der Waals surface area contributed by atoms with Crippen molar-refractivity contribution in [1.29, 1.82) is 0 Å². The maximum atomic E-state index is 12.3. The lowest BCUT2D eigenvalue weighted by atomic mass is 10.3. The van der Waals surface area contributed by atoms with Crippen LogP contribution < -0.4 is 33.1 Å². The van der Waals surface area contributed by atoms with Gasteiger partial charge in [-0.25, -0.2) is 0 Å². The van der Waals surface area contributed by atoms with Gasteiger partial charge in [0.05, 0.1) is 4.86 Å². The van der Waals surface area contributed by atoms with Gasteiger partial charge in [-0.2, -0.15) is 4.89 Å². The Morgan fingerprint density at radius 1 is 0.550 bits per heavy atom. The number of nitrogens with one attached hydrogen (secondary N) is 3. The van der Waals surface area contributed by atoms with Crippen molar-refractivity contribution < 1.29 is 23.0 Å². The second-order valence-corrected chi connectivity index (χ2v) is 17.7. The summed E-state index contributed by atoms with van der Waals surface area (Å²) in [6, 6.07) is 38.0. The Balaban J connectivity index is 1.45. The molecule has 11 heteroatoms. The zero-order valence-corrected chi connectivity index (χ0v) is 24.9. The van der Waals surface area contributed by atoms with E-state index < -0.39 is 29.3 Å². The van der Waals surface area contributed by atoms with Gasteiger partial charge in [-0.05, 0) is 62.4 Å². The first kappa shape index (κ1) is 27.4. The van der Waals surface area contributed by atoms with E-state index in [4.69, 9.17) is 18.1 Å². The predicted molar refractivity (Wildman–Crippen MR) is 163 cm³/mol. The van der Waals surface area contributed by atoms with E-state index in [0.29, 0.717) is 17.2 Å². The molecule has 0 radical (unpaired) electrons. The first-order valence-electron chi connectivity index (χ1n) is 13.1. The Hall–Kier alpha value is -2.79. The Morgan fingerprint density at radius 2 is 0.950 bits per heavy atom. The standard InChI is InChI=1S/C29H33N3O5P3/c1-23-29-31-40(33,37-28-21-13-6-14-22-28)32-39(35-26-17-9-4-10-18-26,36-27-19-11-5-12-20-27)24(2)30-38(23,29)34-25-15-7-3-8-16-25/h3-24,29-33H,1-2H3/q+3. The molecule has 0 saturated carbocycles. The molecule has 6 rings (SSSR count). The molecular weight excluding hydrogens is 563 g/mol. The highest BCUT2D eigenvalue weighted by Gasteiger charge is 2.86. The van der Waals surface area contributed by atoms with Gasteiger partial charge in [-0.15, -0.1) is 5.09 Å². The van der Waals surface area contributed by atoms with Crippen molar-refractivity contribution in [2.24, 2.45) is 0 Å². The summed E-state index contributed by atoms with van der Waals surface area (Å²) in [5.74, 6) is 1.96. The fourth-order valence-electron chi connectivity index (χ4n) is 4.71. The van der Waals surface area contributed by atoms with Gasteiger partial charge in [0.1, 0.15) is 0 Å². The molecule has 5 atom stereocenters. The van der Waals surface area contributed by atoms with Crippen molar-refractivity contribution in [3.8, 4) is 23.0 Å². The van der Waals surface area contributed by atoms with Gasteiger partial charge in [0.25, 0.3) is 7.64 Å². The monoisotopic (exact) mass is 596 g/mol. The van der Waals surface area contributed by atoms with Crippen LogP contribution in [0.3, 0.4) is 0 Å². The molecule has 4 aromatic rings. The van der Waals surface area contributed by atoms with E-state index in [9.17, 15) is 4.89 Å². The highest BCUT2D eigenvalue weighted by Crippen LogP contribution is 2.85. The summed E-state index contributed by atoms with van der Waals surface area (Å²) in [6.45, 7) is 4.14. The van der Waals surface area contributed by atoms with Crippen molar-refractivity contribution in [3.63, 3.8) is 0 Å². The van der Waals surface area contributed by atoms with Crippen LogP contribution in [-0.2, 0) is 0 Å². The number of fused-ring (bicyclic) bond motifs is 1. The number of hydrogen-bond acceptors (Lipinski definition) is 8. The molecule has 2 heterocycles. The van der Waals surface area contributed by atoms with Crippen LogP contribution in [0.15, 0.2) is 121 Å². The van der Waals surface area contributed by atoms with Gasteiger partial charge in [0.15, 0.2) is 28.7 Å². The van der Waals surface area contributed by atoms with Crippen LogP contribution in [0.25, 0.3) is 0 Å². The fourth-order valence-corrected chi connectivity index (χ4v) is 15.5. The maximum absolute atomic E-state index is 12.3. The molecule has 0 spiro atoms. The van der Waals surface area contributed by atoms with E-state index in [-0.39, 0.29) is 11.4 Å². The lowest BCUT2D eigenvalue weighted by Gasteiger charge is -2.31. The molecule has 0 amide bonds. The fraction of sp³-hybridized carbons (Fsp3) is 0.172. The largest absolute Gasteiger partial charge is 0.515 e. The highest BCUT2D eigenvalue weighted by atomic mass is 31.3. The number of para-hydroxylation sites is 4. The molecule has 5 unspecified atom stereocenters. The SMILES string of the molecule is CC1N[P+]2(Oc3ccccc3)C(C)C2N[P+](O)(Oc2ccccc2)N[P+]1(Oc1ccccc1)Oc1ccccc1. The minimum Gasteiger partial charge on any atom is -0.330 e. The summed E-state index contributed by atoms with van der Waals surface area (Å²) in [5.41, 5.74) is 0.0938. The molecule has 4 aromatic carbocycles. The molecule has 4 N–H and O–H groups in total. The van der Waals surface area contributed by atoms with Crippen LogP contribution in [0.2, 0.25) is 0 Å². The van der Waals surface area contributed by atoms with Gasteiger partial charge in [0, 0.05) is 0 Å². The third-order valence-electron chi connectivity index (χ3n) is 6.82. The van der Waals surface area contributed by atoms with Gasteiger partial charge >= 0.3 is 15.9 Å². The van der Waals surface area contributed by atoms with Crippen molar-refractivity contribution in [1.82, 2.24) is 15.0 Å². The van der Waals surface area contributed by atoms with E-state index >= 15 is 0 Å². The molecular formula is C29H33N3O5P3+3. The quantitative estimate of drug-likeness (QED) is 0.156. The first-order valence-corrected chi connectivity index (χ1v) is 18.3. The topological polar surface area (TPSA) is 93.2 Å². The van der Waals surface area contributed by atoms with Crippen LogP contribution in [0.5, 0.6) is 23.0 Å². The summed E-state index contributed by atoms with van der Waals surface area (Å²) in [5, 5.41) is 7.25. The number of rotatable bonds is 8. The molecule has 2 saturated heterocycles. The van der Waals surface area contributed by atoms with E-state index in [2.05, 4.69) is 22.0 Å². The van der Waals surface area contributed by atoms with Crippen molar-refractivity contribution >= 4 is 23.5 Å². The van der Waals surface area contributed by atoms with Crippen molar-refractivity contribution in [2.45, 2.75) is 31.1 Å². The second-order valence-electron chi connectivity index (χ2n) is 9.72. The first-order chi connectivity index (χ1) is 19.4. The molecule has 206 valence electrons. The molecule has 0 aliphatic carbocycles. The zero-order valence-electron chi connectivity index (χ0n) is 22.2. The zero-order chi connectivity index (χ0) is 27.6. The van der Waals surface area contributed by atoms with Crippen LogP contribution >= 0.6 is 23.5 Å². The Labute approximate surface area is 236 Å². The summed E-state index contributed by atoms with van der Waals surface area (Å²) >= 11 is 0. The molecule has 2 aliphatic rings. The Morgan fingerprint density at radius 3 is 1.40 bits per heavy atom. The summed E-state index contributed by atoms with van der Waals surface area (Å²) in [6.07, 6.45) is 0. The van der Waals surface area contributed by atoms with Crippen LogP contribution in [0.1, 0.15) is 13.8 Å². The van der Waals surface area contributed by atoms with Crippen molar-refractivity contribution in [3.05, 3.63) is 121 Å². The van der Waals surface area contributed by atoms with Crippen LogP contribution in [0, 0.1) is 0 Å². The molecule has 0 aromatic heterocycles. The van der Waals surface area contributed by atoms with Crippen molar-refractivity contribution in [2.75, 3.05) is 0 Å². The van der Waals surface area contributed by atoms with Crippen LogP contribution in [-0.4, -0.2) is 22.1 Å². The predicted octanol–water partition coefficient (Wildman–Crippen LogP) is 7.44. The second kappa shape index (κ2) is 11.2. The highest BCUT2D eigenvalue weighted by molar-refractivity contribution is 7.84.